The van der Waals surface area contributed by atoms with Crippen LogP contribution in [0, 0.1) is 0 Å². The highest BCUT2D eigenvalue weighted by Gasteiger charge is 2.01. The molecule has 3 heteroatoms. The largest absolute Gasteiger partial charge is 0.354 e. The highest BCUT2D eigenvalue weighted by atomic mass is 16.1. The summed E-state index contributed by atoms with van der Waals surface area (Å²) >= 11 is 0. The summed E-state index contributed by atoms with van der Waals surface area (Å²) in [6, 6.07) is 10.4. The van der Waals surface area contributed by atoms with Crippen molar-refractivity contribution in [3.05, 3.63) is 36.5 Å². The summed E-state index contributed by atoms with van der Waals surface area (Å²) in [5, 5.41) is 4.17. The molecule has 1 N–H and O–H groups in total. The Morgan fingerprint density at radius 3 is 2.94 bits per heavy atom. The van der Waals surface area contributed by atoms with E-state index in [-0.39, 0.29) is 5.91 Å². The van der Waals surface area contributed by atoms with E-state index in [0.717, 1.165) is 13.0 Å². The van der Waals surface area contributed by atoms with Gasteiger partial charge in [0.1, 0.15) is 0 Å². The average molecular weight is 230 g/mol. The van der Waals surface area contributed by atoms with Crippen molar-refractivity contribution in [2.24, 2.45) is 0 Å². The van der Waals surface area contributed by atoms with Gasteiger partial charge in [0.25, 0.3) is 0 Å². The molecule has 0 bridgehead atoms. The zero-order valence-electron chi connectivity index (χ0n) is 10.1. The van der Waals surface area contributed by atoms with Crippen LogP contribution in [0.5, 0.6) is 0 Å². The smallest absolute Gasteiger partial charge is 0.220 e. The fourth-order valence-electron chi connectivity index (χ4n) is 1.97. The summed E-state index contributed by atoms with van der Waals surface area (Å²) in [4.78, 5) is 11.3. The SMILES string of the molecule is CCCC(=O)NCCn1ccc2ccccc21. The van der Waals surface area contributed by atoms with Crippen LogP contribution in [0.3, 0.4) is 0 Å². The molecule has 1 aromatic heterocycles. The molecule has 0 atom stereocenters. The van der Waals surface area contributed by atoms with Crippen molar-refractivity contribution in [2.45, 2.75) is 26.3 Å². The van der Waals surface area contributed by atoms with E-state index in [0.29, 0.717) is 13.0 Å². The van der Waals surface area contributed by atoms with Crippen LogP contribution in [-0.4, -0.2) is 17.0 Å². The fraction of sp³-hybridized carbons (Fsp3) is 0.357. The zero-order valence-corrected chi connectivity index (χ0v) is 10.1. The minimum absolute atomic E-state index is 0.143. The number of nitrogens with one attached hydrogen (secondary N) is 1. The molecule has 0 radical (unpaired) electrons. The average Bonchev–Trinajstić information content (AvgIpc) is 2.73. The minimum atomic E-state index is 0.143. The molecule has 90 valence electrons. The number of rotatable bonds is 5. The number of para-hydroxylation sites is 1. The van der Waals surface area contributed by atoms with E-state index >= 15 is 0 Å². The number of hydrogen-bond acceptors (Lipinski definition) is 1. The molecule has 0 aliphatic carbocycles. The van der Waals surface area contributed by atoms with Gasteiger partial charge in [-0.2, -0.15) is 0 Å². The number of aromatic nitrogens is 1. The molecular weight excluding hydrogens is 212 g/mol. The van der Waals surface area contributed by atoms with Gasteiger partial charge in [-0.05, 0) is 23.9 Å². The third kappa shape index (κ3) is 2.87. The van der Waals surface area contributed by atoms with Crippen LogP contribution >= 0.6 is 0 Å². The van der Waals surface area contributed by atoms with Crippen molar-refractivity contribution < 1.29 is 4.79 Å². The molecule has 0 unspecified atom stereocenters. The molecule has 2 rings (SSSR count). The fourth-order valence-corrected chi connectivity index (χ4v) is 1.97. The molecular formula is C14H18N2O. The molecule has 0 spiro atoms. The van der Waals surface area contributed by atoms with E-state index in [4.69, 9.17) is 0 Å². The summed E-state index contributed by atoms with van der Waals surface area (Å²) in [7, 11) is 0. The highest BCUT2D eigenvalue weighted by Crippen LogP contribution is 2.14. The molecule has 1 amide bonds. The Morgan fingerprint density at radius 1 is 1.29 bits per heavy atom. The van der Waals surface area contributed by atoms with Crippen molar-refractivity contribution in [3.63, 3.8) is 0 Å². The first kappa shape index (κ1) is 11.7. The maximum absolute atomic E-state index is 11.3. The third-order valence-corrected chi connectivity index (χ3v) is 2.83. The second-order valence-corrected chi connectivity index (χ2v) is 4.17. The molecule has 1 heterocycles. The van der Waals surface area contributed by atoms with Gasteiger partial charge in [-0.3, -0.25) is 4.79 Å². The van der Waals surface area contributed by atoms with Crippen LogP contribution in [0.25, 0.3) is 10.9 Å². The number of hydrogen-bond donors (Lipinski definition) is 1. The van der Waals surface area contributed by atoms with E-state index in [2.05, 4.69) is 34.3 Å². The lowest BCUT2D eigenvalue weighted by Gasteiger charge is -2.07. The standard InChI is InChI=1S/C14H18N2O/c1-2-5-14(17)15-9-11-16-10-8-12-6-3-4-7-13(12)16/h3-4,6-8,10H,2,5,9,11H2,1H3,(H,15,17). The van der Waals surface area contributed by atoms with E-state index in [1.54, 1.807) is 0 Å². The Kier molecular flexibility index (Phi) is 3.81. The van der Waals surface area contributed by atoms with E-state index in [1.165, 1.54) is 10.9 Å². The van der Waals surface area contributed by atoms with Crippen molar-refractivity contribution in [1.82, 2.24) is 9.88 Å². The lowest BCUT2D eigenvalue weighted by molar-refractivity contribution is -0.121. The van der Waals surface area contributed by atoms with Gasteiger partial charge >= 0.3 is 0 Å². The minimum Gasteiger partial charge on any atom is -0.354 e. The summed E-state index contributed by atoms with van der Waals surface area (Å²) < 4.78 is 2.17. The lowest BCUT2D eigenvalue weighted by Crippen LogP contribution is -2.26. The Balaban J connectivity index is 1.93. The topological polar surface area (TPSA) is 34.0 Å². The van der Waals surface area contributed by atoms with Crippen molar-refractivity contribution in [3.8, 4) is 0 Å². The van der Waals surface area contributed by atoms with Crippen LogP contribution in [0.15, 0.2) is 36.5 Å². The summed E-state index contributed by atoms with van der Waals surface area (Å²) in [5.74, 6) is 0.143. The Labute approximate surface area is 101 Å². The zero-order chi connectivity index (χ0) is 12.1. The van der Waals surface area contributed by atoms with E-state index in [9.17, 15) is 4.79 Å². The number of benzene rings is 1. The van der Waals surface area contributed by atoms with Gasteiger partial charge in [-0.1, -0.05) is 25.1 Å². The molecule has 0 saturated heterocycles. The molecule has 0 aliphatic heterocycles. The normalized spacial score (nSPS) is 10.6. The van der Waals surface area contributed by atoms with Gasteiger partial charge in [0.15, 0.2) is 0 Å². The van der Waals surface area contributed by atoms with Gasteiger partial charge in [0, 0.05) is 31.2 Å². The Hall–Kier alpha value is -1.77. The van der Waals surface area contributed by atoms with Gasteiger partial charge in [0.2, 0.25) is 5.91 Å². The molecule has 17 heavy (non-hydrogen) atoms. The van der Waals surface area contributed by atoms with Gasteiger partial charge < -0.3 is 9.88 Å². The predicted octanol–water partition coefficient (Wildman–Crippen LogP) is 2.56. The quantitative estimate of drug-likeness (QED) is 0.841. The van der Waals surface area contributed by atoms with Gasteiger partial charge in [-0.15, -0.1) is 0 Å². The summed E-state index contributed by atoms with van der Waals surface area (Å²) in [5.41, 5.74) is 1.22. The molecule has 1 aromatic carbocycles. The molecule has 0 fully saturated rings. The second-order valence-electron chi connectivity index (χ2n) is 4.17. The molecule has 0 saturated carbocycles. The van der Waals surface area contributed by atoms with Gasteiger partial charge in [-0.25, -0.2) is 0 Å². The van der Waals surface area contributed by atoms with Crippen molar-refractivity contribution in [2.75, 3.05) is 6.54 Å². The van der Waals surface area contributed by atoms with Crippen molar-refractivity contribution >= 4 is 16.8 Å². The number of carbonyl (C=O) groups excluding carboxylic acids is 1. The second kappa shape index (κ2) is 5.53. The van der Waals surface area contributed by atoms with Crippen LogP contribution in [0.4, 0.5) is 0 Å². The van der Waals surface area contributed by atoms with E-state index < -0.39 is 0 Å². The summed E-state index contributed by atoms with van der Waals surface area (Å²) in [6.45, 7) is 3.53. The lowest BCUT2D eigenvalue weighted by atomic mass is 10.2. The van der Waals surface area contributed by atoms with Crippen LogP contribution in [0.1, 0.15) is 19.8 Å². The first-order valence-corrected chi connectivity index (χ1v) is 6.12. The van der Waals surface area contributed by atoms with Crippen LogP contribution in [-0.2, 0) is 11.3 Å². The highest BCUT2D eigenvalue weighted by molar-refractivity contribution is 5.80. The third-order valence-electron chi connectivity index (χ3n) is 2.83. The number of fused-ring (bicyclic) bond motifs is 1. The Bertz CT molecular complexity index is 502. The monoisotopic (exact) mass is 230 g/mol. The predicted molar refractivity (Wildman–Crippen MR) is 69.9 cm³/mol. The number of carbonyl (C=O) groups is 1. The number of amides is 1. The maximum Gasteiger partial charge on any atom is 0.220 e. The molecule has 3 nitrogen and oxygen atoms in total. The summed E-state index contributed by atoms with van der Waals surface area (Å²) in [6.07, 6.45) is 3.58. The van der Waals surface area contributed by atoms with Crippen LogP contribution in [0.2, 0.25) is 0 Å². The van der Waals surface area contributed by atoms with Gasteiger partial charge in [0.05, 0.1) is 0 Å². The first-order valence-electron chi connectivity index (χ1n) is 6.12. The first-order chi connectivity index (χ1) is 8.31. The van der Waals surface area contributed by atoms with E-state index in [1.807, 2.05) is 19.1 Å². The Morgan fingerprint density at radius 2 is 2.12 bits per heavy atom. The van der Waals surface area contributed by atoms with Crippen molar-refractivity contribution in [1.29, 1.82) is 0 Å². The molecule has 0 aliphatic rings. The maximum atomic E-state index is 11.3. The number of nitrogens with zero attached hydrogens (tertiary/aromatic N) is 1. The van der Waals surface area contributed by atoms with Crippen LogP contribution < -0.4 is 5.32 Å². The molecule has 2 aromatic rings.